The van der Waals surface area contributed by atoms with E-state index < -0.39 is 17.6 Å². The fourth-order valence-electron chi connectivity index (χ4n) is 1.87. The van der Waals surface area contributed by atoms with Crippen LogP contribution in [-0.2, 0) is 0 Å². The molecule has 0 atom stereocenters. The Hall–Kier alpha value is -2.84. The summed E-state index contributed by atoms with van der Waals surface area (Å²) in [5, 5.41) is 13.2. The highest BCUT2D eigenvalue weighted by Gasteiger charge is 2.28. The molecule has 1 aromatic heterocycles. The summed E-state index contributed by atoms with van der Waals surface area (Å²) < 4.78 is 37.0. The molecular formula is C13H11F3N4O2. The molecule has 2 rings (SSSR count). The Morgan fingerprint density at radius 1 is 1.27 bits per heavy atom. The van der Waals surface area contributed by atoms with Gasteiger partial charge in [0.25, 0.3) is 5.69 Å². The van der Waals surface area contributed by atoms with Crippen molar-refractivity contribution in [2.45, 2.75) is 6.18 Å². The summed E-state index contributed by atoms with van der Waals surface area (Å²) in [5.41, 5.74) is 5.80. The molecule has 0 aliphatic rings. The summed E-state index contributed by atoms with van der Waals surface area (Å²) in [7, 11) is 0. The zero-order valence-corrected chi connectivity index (χ0v) is 11.1. The fourth-order valence-corrected chi connectivity index (χ4v) is 1.87. The zero-order chi connectivity index (χ0) is 16.3. The highest BCUT2D eigenvalue weighted by Crippen LogP contribution is 2.35. The van der Waals surface area contributed by atoms with Crippen molar-refractivity contribution < 1.29 is 18.1 Å². The van der Waals surface area contributed by atoms with E-state index in [0.717, 1.165) is 0 Å². The summed E-state index contributed by atoms with van der Waals surface area (Å²) in [6.45, 7) is -1.31. The third-order valence-electron chi connectivity index (χ3n) is 2.76. The fraction of sp³-hybridized carbons (Fsp3) is 0.154. The molecule has 0 fully saturated rings. The molecule has 1 aromatic carbocycles. The van der Waals surface area contributed by atoms with E-state index in [-0.39, 0.29) is 28.3 Å². The van der Waals surface area contributed by atoms with Crippen LogP contribution in [0.3, 0.4) is 0 Å². The van der Waals surface area contributed by atoms with Crippen molar-refractivity contribution >= 4 is 17.2 Å². The Kier molecular flexibility index (Phi) is 4.15. The smallest absolute Gasteiger partial charge is 0.397 e. The first-order chi connectivity index (χ1) is 10.3. The van der Waals surface area contributed by atoms with Gasteiger partial charge in [0, 0.05) is 11.6 Å². The minimum absolute atomic E-state index is 0.124. The topological polar surface area (TPSA) is 94.1 Å². The molecule has 0 unspecified atom stereocenters. The lowest BCUT2D eigenvalue weighted by Crippen LogP contribution is -2.22. The van der Waals surface area contributed by atoms with Crippen LogP contribution >= 0.6 is 0 Å². The van der Waals surface area contributed by atoms with Crippen LogP contribution in [0.25, 0.3) is 11.1 Å². The van der Waals surface area contributed by atoms with Gasteiger partial charge in [-0.15, -0.1) is 0 Å². The molecule has 0 spiro atoms. The standard InChI is InChI=1S/C13H11F3N4O2/c14-13(15,16)7-19-12-10(5-8(17)6-18-12)9-3-1-2-4-11(9)20(21)22/h1-6H,7,17H2,(H,18,19). The second-order valence-corrected chi connectivity index (χ2v) is 4.41. The van der Waals surface area contributed by atoms with Gasteiger partial charge in [-0.1, -0.05) is 12.1 Å². The SMILES string of the molecule is Nc1cnc(NCC(F)(F)F)c(-c2ccccc2[N+](=O)[O-])c1. The molecule has 0 saturated carbocycles. The average molecular weight is 312 g/mol. The van der Waals surface area contributed by atoms with Gasteiger partial charge in [-0.2, -0.15) is 13.2 Å². The lowest BCUT2D eigenvalue weighted by atomic mass is 10.0. The maximum Gasteiger partial charge on any atom is 0.405 e. The number of anilines is 2. The van der Waals surface area contributed by atoms with Crippen molar-refractivity contribution in [3.63, 3.8) is 0 Å². The number of alkyl halides is 3. The number of aromatic nitrogens is 1. The molecule has 0 amide bonds. The number of nitrogen functional groups attached to an aromatic ring is 1. The minimum Gasteiger partial charge on any atom is -0.397 e. The van der Waals surface area contributed by atoms with E-state index in [1.807, 2.05) is 0 Å². The first-order valence-corrected chi connectivity index (χ1v) is 6.08. The van der Waals surface area contributed by atoms with Crippen LogP contribution in [0.1, 0.15) is 0 Å². The molecule has 2 aromatic rings. The first-order valence-electron chi connectivity index (χ1n) is 6.08. The number of hydrogen-bond acceptors (Lipinski definition) is 5. The predicted octanol–water partition coefficient (Wildman–Crippen LogP) is 3.21. The van der Waals surface area contributed by atoms with Crippen LogP contribution in [0.2, 0.25) is 0 Å². The molecular weight excluding hydrogens is 301 g/mol. The zero-order valence-electron chi connectivity index (χ0n) is 11.1. The third-order valence-corrected chi connectivity index (χ3v) is 2.76. The Morgan fingerprint density at radius 3 is 2.59 bits per heavy atom. The van der Waals surface area contributed by atoms with Gasteiger partial charge in [0.05, 0.1) is 22.4 Å². The summed E-state index contributed by atoms with van der Waals surface area (Å²) in [5.74, 6) is -0.124. The van der Waals surface area contributed by atoms with E-state index in [2.05, 4.69) is 10.3 Å². The second kappa shape index (κ2) is 5.88. The highest BCUT2D eigenvalue weighted by molar-refractivity contribution is 5.83. The van der Waals surface area contributed by atoms with Crippen LogP contribution in [0.5, 0.6) is 0 Å². The molecule has 0 aliphatic heterocycles. The summed E-state index contributed by atoms with van der Waals surface area (Å²) in [6, 6.07) is 7.02. The van der Waals surface area contributed by atoms with E-state index >= 15 is 0 Å². The largest absolute Gasteiger partial charge is 0.405 e. The number of para-hydroxylation sites is 1. The van der Waals surface area contributed by atoms with Crippen LogP contribution < -0.4 is 11.1 Å². The summed E-state index contributed by atoms with van der Waals surface area (Å²) in [6.07, 6.45) is -3.26. The Morgan fingerprint density at radius 2 is 1.95 bits per heavy atom. The van der Waals surface area contributed by atoms with E-state index in [9.17, 15) is 23.3 Å². The summed E-state index contributed by atoms with van der Waals surface area (Å²) in [4.78, 5) is 14.2. The molecule has 22 heavy (non-hydrogen) atoms. The van der Waals surface area contributed by atoms with Crippen molar-refractivity contribution in [1.29, 1.82) is 0 Å². The Balaban J connectivity index is 2.50. The minimum atomic E-state index is -4.44. The first kappa shape index (κ1) is 15.5. The molecule has 116 valence electrons. The number of pyridine rings is 1. The van der Waals surface area contributed by atoms with Crippen LogP contribution in [0.4, 0.5) is 30.4 Å². The number of nitro groups is 1. The molecule has 9 heteroatoms. The number of rotatable bonds is 4. The molecule has 3 N–H and O–H groups in total. The third kappa shape index (κ3) is 3.62. The van der Waals surface area contributed by atoms with Crippen LogP contribution in [0, 0.1) is 10.1 Å². The number of halogens is 3. The molecule has 0 aliphatic carbocycles. The lowest BCUT2D eigenvalue weighted by Gasteiger charge is -2.13. The normalized spacial score (nSPS) is 11.2. The molecule has 0 saturated heterocycles. The van der Waals surface area contributed by atoms with E-state index in [1.54, 1.807) is 6.07 Å². The van der Waals surface area contributed by atoms with Gasteiger partial charge in [0.2, 0.25) is 0 Å². The van der Waals surface area contributed by atoms with Gasteiger partial charge in [0.1, 0.15) is 12.4 Å². The van der Waals surface area contributed by atoms with Gasteiger partial charge >= 0.3 is 6.18 Å². The molecule has 0 bridgehead atoms. The molecule has 6 nitrogen and oxygen atoms in total. The van der Waals surface area contributed by atoms with E-state index in [4.69, 9.17) is 5.73 Å². The second-order valence-electron chi connectivity index (χ2n) is 4.41. The Labute approximate surface area is 122 Å². The number of hydrogen-bond donors (Lipinski definition) is 2. The van der Waals surface area contributed by atoms with E-state index in [1.165, 1.54) is 30.5 Å². The number of nitrogens with one attached hydrogen (secondary N) is 1. The maximum atomic E-state index is 12.3. The number of nitrogens with zero attached hydrogens (tertiary/aromatic N) is 2. The van der Waals surface area contributed by atoms with Gasteiger partial charge in [-0.25, -0.2) is 4.98 Å². The van der Waals surface area contributed by atoms with Crippen LogP contribution in [0.15, 0.2) is 36.5 Å². The molecule has 1 heterocycles. The predicted molar refractivity (Wildman–Crippen MR) is 75.3 cm³/mol. The van der Waals surface area contributed by atoms with E-state index in [0.29, 0.717) is 0 Å². The van der Waals surface area contributed by atoms with Crippen LogP contribution in [-0.4, -0.2) is 22.6 Å². The quantitative estimate of drug-likeness (QED) is 0.668. The Bertz CT molecular complexity index is 704. The average Bonchev–Trinajstić information content (AvgIpc) is 2.45. The van der Waals surface area contributed by atoms with Gasteiger partial charge in [-0.05, 0) is 12.1 Å². The van der Waals surface area contributed by atoms with Gasteiger partial charge < -0.3 is 11.1 Å². The van der Waals surface area contributed by atoms with Crippen molar-refractivity contribution in [3.8, 4) is 11.1 Å². The highest BCUT2D eigenvalue weighted by atomic mass is 19.4. The van der Waals surface area contributed by atoms with Crippen molar-refractivity contribution in [1.82, 2.24) is 4.98 Å². The number of nitro benzene ring substituents is 1. The summed E-state index contributed by atoms with van der Waals surface area (Å²) >= 11 is 0. The van der Waals surface area contributed by atoms with Crippen molar-refractivity contribution in [2.75, 3.05) is 17.6 Å². The monoisotopic (exact) mass is 312 g/mol. The van der Waals surface area contributed by atoms with Crippen molar-refractivity contribution in [2.24, 2.45) is 0 Å². The number of benzene rings is 1. The van der Waals surface area contributed by atoms with Gasteiger partial charge in [-0.3, -0.25) is 10.1 Å². The maximum absolute atomic E-state index is 12.3. The number of nitrogens with two attached hydrogens (primary N) is 1. The van der Waals surface area contributed by atoms with Crippen molar-refractivity contribution in [3.05, 3.63) is 46.6 Å². The lowest BCUT2D eigenvalue weighted by molar-refractivity contribution is -0.384. The van der Waals surface area contributed by atoms with Gasteiger partial charge in [0.15, 0.2) is 0 Å². The molecule has 0 radical (unpaired) electrons.